The van der Waals surface area contributed by atoms with Crippen molar-refractivity contribution in [3.63, 3.8) is 0 Å². The van der Waals surface area contributed by atoms with Gasteiger partial charge in [-0.3, -0.25) is 4.99 Å². The quantitative estimate of drug-likeness (QED) is 0.774. The number of hydrogen-bond donors (Lipinski definition) is 0. The van der Waals surface area contributed by atoms with E-state index in [1.807, 2.05) is 30.3 Å². The number of benzene rings is 2. The fraction of sp³-hybridized carbons (Fsp3) is 0.176. The van der Waals surface area contributed by atoms with E-state index in [4.69, 9.17) is 4.99 Å². The molecule has 0 spiro atoms. The summed E-state index contributed by atoms with van der Waals surface area (Å²) in [5.41, 5.74) is 3.39. The van der Waals surface area contributed by atoms with E-state index >= 15 is 0 Å². The fourth-order valence-electron chi connectivity index (χ4n) is 2.81. The third-order valence-electron chi connectivity index (χ3n) is 3.71. The molecule has 0 N–H and O–H groups in total. The molecular formula is C17H15N3. The highest BCUT2D eigenvalue weighted by Crippen LogP contribution is 2.28. The molecule has 20 heavy (non-hydrogen) atoms. The van der Waals surface area contributed by atoms with Gasteiger partial charge >= 0.3 is 0 Å². The molecule has 0 saturated carbocycles. The van der Waals surface area contributed by atoms with Crippen LogP contribution in [0.25, 0.3) is 0 Å². The second-order valence-corrected chi connectivity index (χ2v) is 5.03. The minimum atomic E-state index is 0.915. The van der Waals surface area contributed by atoms with Crippen LogP contribution < -0.4 is 0 Å². The van der Waals surface area contributed by atoms with Crippen LogP contribution in [-0.4, -0.2) is 29.7 Å². The second kappa shape index (κ2) is 4.60. The molecule has 3 nitrogen and oxygen atoms in total. The molecule has 0 aromatic heterocycles. The Morgan fingerprint density at radius 1 is 0.900 bits per heavy atom. The van der Waals surface area contributed by atoms with E-state index < -0.39 is 0 Å². The number of nitrogens with zero attached hydrogens (tertiary/aromatic N) is 3. The van der Waals surface area contributed by atoms with Crippen molar-refractivity contribution in [2.75, 3.05) is 13.1 Å². The molecule has 2 aromatic rings. The maximum atomic E-state index is 4.85. The smallest absolute Gasteiger partial charge is 0.142 e. The van der Waals surface area contributed by atoms with Crippen LogP contribution in [0.1, 0.15) is 17.5 Å². The SMILES string of the molecule is c1ccc(N=C2c3ccccc3C3=NCCCN32)cc1. The van der Waals surface area contributed by atoms with Gasteiger partial charge in [0, 0.05) is 24.2 Å². The van der Waals surface area contributed by atoms with Crippen molar-refractivity contribution in [3.05, 3.63) is 65.7 Å². The van der Waals surface area contributed by atoms with Crippen LogP contribution in [0.2, 0.25) is 0 Å². The highest BCUT2D eigenvalue weighted by molar-refractivity contribution is 6.25. The molecule has 98 valence electrons. The van der Waals surface area contributed by atoms with Crippen LogP contribution in [0, 0.1) is 0 Å². The topological polar surface area (TPSA) is 28.0 Å². The van der Waals surface area contributed by atoms with Crippen LogP contribution in [0.3, 0.4) is 0 Å². The third-order valence-corrected chi connectivity index (χ3v) is 3.71. The zero-order chi connectivity index (χ0) is 13.4. The summed E-state index contributed by atoms with van der Waals surface area (Å²) >= 11 is 0. The lowest BCUT2D eigenvalue weighted by Gasteiger charge is -2.23. The Kier molecular flexibility index (Phi) is 2.62. The lowest BCUT2D eigenvalue weighted by Crippen LogP contribution is -2.35. The number of para-hydroxylation sites is 1. The molecule has 0 aliphatic carbocycles. The lowest BCUT2D eigenvalue weighted by atomic mass is 10.1. The number of amidine groups is 2. The molecule has 3 heteroatoms. The lowest BCUT2D eigenvalue weighted by molar-refractivity contribution is 0.558. The first-order valence-corrected chi connectivity index (χ1v) is 6.99. The van der Waals surface area contributed by atoms with Gasteiger partial charge < -0.3 is 4.90 Å². The van der Waals surface area contributed by atoms with Gasteiger partial charge in [0.1, 0.15) is 11.7 Å². The molecule has 0 saturated heterocycles. The summed E-state index contributed by atoms with van der Waals surface area (Å²) in [5, 5.41) is 0. The Labute approximate surface area is 118 Å². The molecular weight excluding hydrogens is 246 g/mol. The van der Waals surface area contributed by atoms with Crippen molar-refractivity contribution >= 4 is 17.4 Å². The van der Waals surface area contributed by atoms with Crippen molar-refractivity contribution in [1.29, 1.82) is 0 Å². The van der Waals surface area contributed by atoms with Crippen LogP contribution in [0.4, 0.5) is 5.69 Å². The first-order chi connectivity index (χ1) is 9.93. The van der Waals surface area contributed by atoms with Crippen LogP contribution in [0.5, 0.6) is 0 Å². The van der Waals surface area contributed by atoms with E-state index in [1.54, 1.807) is 0 Å². The summed E-state index contributed by atoms with van der Waals surface area (Å²) in [7, 11) is 0. The van der Waals surface area contributed by atoms with Crippen LogP contribution in [0.15, 0.2) is 64.6 Å². The van der Waals surface area contributed by atoms with Crippen molar-refractivity contribution < 1.29 is 0 Å². The minimum absolute atomic E-state index is 0.915. The monoisotopic (exact) mass is 261 g/mol. The molecule has 2 aliphatic heterocycles. The predicted octanol–water partition coefficient (Wildman–Crippen LogP) is 3.23. The van der Waals surface area contributed by atoms with Gasteiger partial charge in [-0.2, -0.15) is 0 Å². The maximum Gasteiger partial charge on any atom is 0.142 e. The molecule has 0 fully saturated rings. The Bertz CT molecular complexity index is 701. The fourth-order valence-corrected chi connectivity index (χ4v) is 2.81. The van der Waals surface area contributed by atoms with Gasteiger partial charge in [-0.05, 0) is 18.6 Å². The predicted molar refractivity (Wildman–Crippen MR) is 81.8 cm³/mol. The van der Waals surface area contributed by atoms with Gasteiger partial charge in [0.2, 0.25) is 0 Å². The summed E-state index contributed by atoms with van der Waals surface area (Å²) in [6.45, 7) is 1.91. The number of fused-ring (bicyclic) bond motifs is 3. The van der Waals surface area contributed by atoms with E-state index in [9.17, 15) is 0 Å². The molecule has 4 rings (SSSR count). The first-order valence-electron chi connectivity index (χ1n) is 6.99. The van der Waals surface area contributed by atoms with Crippen molar-refractivity contribution in [3.8, 4) is 0 Å². The zero-order valence-electron chi connectivity index (χ0n) is 11.2. The maximum absolute atomic E-state index is 4.85. The summed E-state index contributed by atoms with van der Waals surface area (Å²) in [6.07, 6.45) is 1.09. The van der Waals surface area contributed by atoms with E-state index in [-0.39, 0.29) is 0 Å². The minimum Gasteiger partial charge on any atom is -0.310 e. The molecule has 2 heterocycles. The molecule has 0 unspecified atom stereocenters. The number of aliphatic imine (C=N–C) groups is 2. The van der Waals surface area contributed by atoms with Gasteiger partial charge in [0.25, 0.3) is 0 Å². The Balaban J connectivity index is 1.89. The summed E-state index contributed by atoms with van der Waals surface area (Å²) < 4.78 is 0. The third kappa shape index (κ3) is 1.74. The Morgan fingerprint density at radius 3 is 2.50 bits per heavy atom. The molecule has 0 atom stereocenters. The highest BCUT2D eigenvalue weighted by Gasteiger charge is 2.32. The standard InChI is InChI=1S/C17H15N3/c1-2-7-13(8-3-1)19-17-15-10-5-4-9-14(15)16-18-11-6-12-20(16)17/h1-5,7-10H,6,11-12H2. The normalized spacial score (nSPS) is 18.7. The van der Waals surface area contributed by atoms with Gasteiger partial charge in [0.15, 0.2) is 0 Å². The average molecular weight is 261 g/mol. The van der Waals surface area contributed by atoms with Gasteiger partial charge in [-0.25, -0.2) is 4.99 Å². The van der Waals surface area contributed by atoms with Crippen molar-refractivity contribution in [1.82, 2.24) is 4.90 Å². The largest absolute Gasteiger partial charge is 0.310 e. The van der Waals surface area contributed by atoms with Crippen LogP contribution >= 0.6 is 0 Å². The van der Waals surface area contributed by atoms with E-state index in [0.29, 0.717) is 0 Å². The van der Waals surface area contributed by atoms with E-state index in [2.05, 4.69) is 34.2 Å². The molecule has 0 bridgehead atoms. The van der Waals surface area contributed by atoms with Crippen molar-refractivity contribution in [2.45, 2.75) is 6.42 Å². The second-order valence-electron chi connectivity index (χ2n) is 5.03. The van der Waals surface area contributed by atoms with E-state index in [1.165, 1.54) is 11.1 Å². The molecule has 2 aromatic carbocycles. The van der Waals surface area contributed by atoms with Crippen LogP contribution in [-0.2, 0) is 0 Å². The zero-order valence-corrected chi connectivity index (χ0v) is 11.2. The Morgan fingerprint density at radius 2 is 1.65 bits per heavy atom. The van der Waals surface area contributed by atoms with E-state index in [0.717, 1.165) is 36.9 Å². The first kappa shape index (κ1) is 11.4. The Hall–Kier alpha value is -2.42. The molecule has 0 amide bonds. The highest BCUT2D eigenvalue weighted by atomic mass is 15.3. The average Bonchev–Trinajstić information content (AvgIpc) is 2.84. The molecule has 0 radical (unpaired) electrons. The summed E-state index contributed by atoms with van der Waals surface area (Å²) in [5.74, 6) is 2.12. The van der Waals surface area contributed by atoms with Gasteiger partial charge in [-0.1, -0.05) is 42.5 Å². The summed E-state index contributed by atoms with van der Waals surface area (Å²) in [6, 6.07) is 18.5. The number of hydrogen-bond acceptors (Lipinski definition) is 2. The summed E-state index contributed by atoms with van der Waals surface area (Å²) in [4.78, 5) is 11.8. The van der Waals surface area contributed by atoms with Crippen molar-refractivity contribution in [2.24, 2.45) is 9.98 Å². The number of rotatable bonds is 1. The van der Waals surface area contributed by atoms with Gasteiger partial charge in [-0.15, -0.1) is 0 Å². The molecule has 2 aliphatic rings. The van der Waals surface area contributed by atoms with Gasteiger partial charge in [0.05, 0.1) is 5.69 Å².